The van der Waals surface area contributed by atoms with Crippen molar-refractivity contribution in [1.82, 2.24) is 5.32 Å². The summed E-state index contributed by atoms with van der Waals surface area (Å²) in [5, 5.41) is 4.70. The molecule has 0 bridgehead atoms. The van der Waals surface area contributed by atoms with E-state index in [4.69, 9.17) is 9.15 Å². The van der Waals surface area contributed by atoms with Gasteiger partial charge in [0.25, 0.3) is 11.8 Å². The van der Waals surface area contributed by atoms with Crippen LogP contribution in [-0.2, 0) is 14.3 Å². The zero-order chi connectivity index (χ0) is 20.8. The van der Waals surface area contributed by atoms with Gasteiger partial charge in [0.05, 0.1) is 12.0 Å². The molecule has 9 heteroatoms. The highest BCUT2D eigenvalue weighted by Crippen LogP contribution is 2.16. The third-order valence-electron chi connectivity index (χ3n) is 3.80. The molecule has 0 saturated carbocycles. The molecular formula is C19H20F2N2O5. The number of ether oxygens (including phenoxy) is 1. The summed E-state index contributed by atoms with van der Waals surface area (Å²) in [6, 6.07) is 4.58. The van der Waals surface area contributed by atoms with Crippen LogP contribution in [0.3, 0.4) is 0 Å². The molecule has 2 amide bonds. The second kappa shape index (κ2) is 9.12. The van der Waals surface area contributed by atoms with Crippen LogP contribution >= 0.6 is 0 Å². The van der Waals surface area contributed by atoms with Gasteiger partial charge in [-0.2, -0.15) is 0 Å². The van der Waals surface area contributed by atoms with Crippen LogP contribution in [0.15, 0.2) is 41.0 Å². The van der Waals surface area contributed by atoms with Crippen molar-refractivity contribution in [3.8, 4) is 0 Å². The molecular weight excluding hydrogens is 374 g/mol. The summed E-state index contributed by atoms with van der Waals surface area (Å²) in [6.07, 6.45) is 0.0391. The SMILES string of the molecule is CC(C)[C@H](NC(=O)c1ccco1)C(=O)O[C@@H](C)C(=O)Nc1ccc(F)cc1F. The van der Waals surface area contributed by atoms with E-state index in [1.165, 1.54) is 25.3 Å². The molecule has 0 radical (unpaired) electrons. The van der Waals surface area contributed by atoms with Gasteiger partial charge in [-0.05, 0) is 37.1 Å². The highest BCUT2D eigenvalue weighted by atomic mass is 19.1. The predicted octanol–water partition coefficient (Wildman–Crippen LogP) is 2.88. The first-order valence-corrected chi connectivity index (χ1v) is 8.49. The van der Waals surface area contributed by atoms with Gasteiger partial charge >= 0.3 is 5.97 Å². The van der Waals surface area contributed by atoms with Crippen molar-refractivity contribution in [2.45, 2.75) is 32.9 Å². The average molecular weight is 394 g/mol. The maximum atomic E-state index is 13.6. The van der Waals surface area contributed by atoms with Gasteiger partial charge in [0.15, 0.2) is 11.9 Å². The number of halogens is 2. The maximum absolute atomic E-state index is 13.6. The molecule has 28 heavy (non-hydrogen) atoms. The quantitative estimate of drug-likeness (QED) is 0.704. The molecule has 1 heterocycles. The molecule has 1 aromatic heterocycles. The molecule has 0 unspecified atom stereocenters. The Labute approximate surface area is 160 Å². The summed E-state index contributed by atoms with van der Waals surface area (Å²) in [7, 11) is 0. The van der Waals surface area contributed by atoms with Crippen LogP contribution in [-0.4, -0.2) is 29.9 Å². The lowest BCUT2D eigenvalue weighted by Gasteiger charge is -2.22. The van der Waals surface area contributed by atoms with Gasteiger partial charge in [-0.25, -0.2) is 13.6 Å². The van der Waals surface area contributed by atoms with E-state index in [9.17, 15) is 23.2 Å². The van der Waals surface area contributed by atoms with Gasteiger partial charge < -0.3 is 19.8 Å². The van der Waals surface area contributed by atoms with E-state index >= 15 is 0 Å². The van der Waals surface area contributed by atoms with Gasteiger partial charge in [0.1, 0.15) is 17.7 Å². The van der Waals surface area contributed by atoms with Gasteiger partial charge in [-0.1, -0.05) is 13.8 Å². The number of rotatable bonds is 7. The fourth-order valence-corrected chi connectivity index (χ4v) is 2.24. The van der Waals surface area contributed by atoms with Gasteiger partial charge in [0, 0.05) is 6.07 Å². The first-order chi connectivity index (χ1) is 13.2. The van der Waals surface area contributed by atoms with E-state index in [2.05, 4.69) is 10.6 Å². The Bertz CT molecular complexity index is 852. The smallest absolute Gasteiger partial charge is 0.329 e. The molecule has 0 aliphatic heterocycles. The van der Waals surface area contributed by atoms with Crippen LogP contribution in [0.25, 0.3) is 0 Å². The Morgan fingerprint density at radius 2 is 1.82 bits per heavy atom. The standard InChI is InChI=1S/C19H20F2N2O5/c1-10(2)16(23-18(25)15-5-4-8-27-15)19(26)28-11(3)17(24)22-14-7-6-12(20)9-13(14)21/h4-11,16H,1-3H3,(H,22,24)(H,23,25)/t11-,16-/m0/s1. The number of amides is 2. The Kier molecular flexibility index (Phi) is 6.86. The third-order valence-corrected chi connectivity index (χ3v) is 3.80. The molecule has 0 fully saturated rings. The second-order valence-electron chi connectivity index (χ2n) is 6.36. The number of anilines is 1. The van der Waals surface area contributed by atoms with Crippen molar-refractivity contribution in [1.29, 1.82) is 0 Å². The summed E-state index contributed by atoms with van der Waals surface area (Å²) in [6.45, 7) is 4.67. The fraction of sp³-hybridized carbons (Fsp3) is 0.316. The van der Waals surface area contributed by atoms with Crippen LogP contribution in [0.2, 0.25) is 0 Å². The number of carbonyl (C=O) groups is 3. The monoisotopic (exact) mass is 394 g/mol. The zero-order valence-electron chi connectivity index (χ0n) is 15.5. The topological polar surface area (TPSA) is 97.6 Å². The van der Waals surface area contributed by atoms with E-state index < -0.39 is 41.6 Å². The Morgan fingerprint density at radius 1 is 1.11 bits per heavy atom. The lowest BCUT2D eigenvalue weighted by molar-refractivity contribution is -0.156. The number of hydrogen-bond donors (Lipinski definition) is 2. The van der Waals surface area contributed by atoms with Crippen LogP contribution in [0.5, 0.6) is 0 Å². The van der Waals surface area contributed by atoms with Gasteiger partial charge in [-0.15, -0.1) is 0 Å². The lowest BCUT2D eigenvalue weighted by atomic mass is 10.0. The number of furan rings is 1. The van der Waals surface area contributed by atoms with Crippen LogP contribution in [0.4, 0.5) is 14.5 Å². The van der Waals surface area contributed by atoms with E-state index in [-0.39, 0.29) is 17.4 Å². The molecule has 1 aromatic carbocycles. The molecule has 0 aliphatic rings. The van der Waals surface area contributed by atoms with Crippen LogP contribution in [0.1, 0.15) is 31.3 Å². The summed E-state index contributed by atoms with van der Waals surface area (Å²) in [5.74, 6) is -4.31. The minimum absolute atomic E-state index is 0.0241. The highest BCUT2D eigenvalue weighted by molar-refractivity contribution is 5.97. The van der Waals surface area contributed by atoms with Crippen molar-refractivity contribution in [2.75, 3.05) is 5.32 Å². The van der Waals surface area contributed by atoms with Crippen molar-refractivity contribution in [2.24, 2.45) is 5.92 Å². The van der Waals surface area contributed by atoms with E-state index in [1.807, 2.05) is 0 Å². The second-order valence-corrected chi connectivity index (χ2v) is 6.36. The van der Waals surface area contributed by atoms with E-state index in [0.29, 0.717) is 6.07 Å². The maximum Gasteiger partial charge on any atom is 0.329 e. The number of hydrogen-bond acceptors (Lipinski definition) is 5. The highest BCUT2D eigenvalue weighted by Gasteiger charge is 2.30. The summed E-state index contributed by atoms with van der Waals surface area (Å²) in [5.41, 5.74) is -0.249. The first-order valence-electron chi connectivity index (χ1n) is 8.49. The Balaban J connectivity index is 1.99. The number of benzene rings is 1. The van der Waals surface area contributed by atoms with Crippen LogP contribution in [0, 0.1) is 17.6 Å². The molecule has 2 N–H and O–H groups in total. The molecule has 150 valence electrons. The van der Waals surface area contributed by atoms with Crippen LogP contribution < -0.4 is 10.6 Å². The van der Waals surface area contributed by atoms with E-state index in [1.54, 1.807) is 13.8 Å². The fourth-order valence-electron chi connectivity index (χ4n) is 2.24. The van der Waals surface area contributed by atoms with E-state index in [0.717, 1.165) is 12.1 Å². The minimum atomic E-state index is -1.28. The molecule has 7 nitrogen and oxygen atoms in total. The van der Waals surface area contributed by atoms with Crippen molar-refractivity contribution in [3.63, 3.8) is 0 Å². The minimum Gasteiger partial charge on any atom is -0.459 e. The summed E-state index contributed by atoms with van der Waals surface area (Å²) < 4.78 is 36.6. The summed E-state index contributed by atoms with van der Waals surface area (Å²) in [4.78, 5) is 36.6. The molecule has 0 saturated heterocycles. The lowest BCUT2D eigenvalue weighted by Crippen LogP contribution is -2.47. The summed E-state index contributed by atoms with van der Waals surface area (Å²) >= 11 is 0. The van der Waals surface area contributed by atoms with Crippen molar-refractivity contribution < 1.29 is 32.3 Å². The van der Waals surface area contributed by atoms with Gasteiger partial charge in [0.2, 0.25) is 0 Å². The van der Waals surface area contributed by atoms with Gasteiger partial charge in [-0.3, -0.25) is 9.59 Å². The molecule has 0 aliphatic carbocycles. The molecule has 2 rings (SSSR count). The molecule has 2 atom stereocenters. The number of carbonyl (C=O) groups excluding carboxylic acids is 3. The number of esters is 1. The third kappa shape index (κ3) is 5.38. The van der Waals surface area contributed by atoms with Crippen molar-refractivity contribution in [3.05, 3.63) is 54.0 Å². The Morgan fingerprint density at radius 3 is 2.39 bits per heavy atom. The first kappa shape index (κ1) is 21.1. The molecule has 2 aromatic rings. The van der Waals surface area contributed by atoms with Crippen molar-refractivity contribution >= 4 is 23.5 Å². The zero-order valence-corrected chi connectivity index (χ0v) is 15.5. The number of nitrogens with one attached hydrogen (secondary N) is 2. The largest absolute Gasteiger partial charge is 0.459 e. The Hall–Kier alpha value is -3.23. The predicted molar refractivity (Wildman–Crippen MR) is 95.3 cm³/mol. The average Bonchev–Trinajstić information content (AvgIpc) is 3.16. The molecule has 0 spiro atoms. The normalized spacial score (nSPS) is 12.9.